The lowest BCUT2D eigenvalue weighted by Gasteiger charge is -2.31. The van der Waals surface area contributed by atoms with Gasteiger partial charge in [0.25, 0.3) is 0 Å². The predicted octanol–water partition coefficient (Wildman–Crippen LogP) is 1.97. The van der Waals surface area contributed by atoms with Crippen LogP contribution in [0.25, 0.3) is 0 Å². The van der Waals surface area contributed by atoms with Crippen molar-refractivity contribution in [3.8, 4) is 0 Å². The predicted molar refractivity (Wildman–Crippen MR) is 65.5 cm³/mol. The van der Waals surface area contributed by atoms with Crippen molar-refractivity contribution in [1.82, 2.24) is 10.2 Å². The molecule has 16 heavy (non-hydrogen) atoms. The lowest BCUT2D eigenvalue weighted by Crippen LogP contribution is -2.44. The second-order valence-electron chi connectivity index (χ2n) is 4.12. The lowest BCUT2D eigenvalue weighted by molar-refractivity contribution is 0.184. The van der Waals surface area contributed by atoms with E-state index in [2.05, 4.69) is 35.9 Å². The summed E-state index contributed by atoms with van der Waals surface area (Å²) in [5.41, 5.74) is 0. The number of aryl methyl sites for hydroxylation is 1. The van der Waals surface area contributed by atoms with Gasteiger partial charge in [-0.25, -0.2) is 0 Å². The second kappa shape index (κ2) is 5.32. The van der Waals surface area contributed by atoms with E-state index in [0.717, 1.165) is 44.1 Å². The van der Waals surface area contributed by atoms with Crippen molar-refractivity contribution in [3.05, 3.63) is 36.3 Å². The molecule has 0 spiro atoms. The first-order valence-electron chi connectivity index (χ1n) is 6.01. The summed E-state index contributed by atoms with van der Waals surface area (Å²) in [7, 11) is 0. The minimum Gasteiger partial charge on any atom is -0.464 e. The van der Waals surface area contributed by atoms with Crippen LogP contribution >= 0.6 is 0 Å². The van der Waals surface area contributed by atoms with Gasteiger partial charge in [0.15, 0.2) is 0 Å². The monoisotopic (exact) mass is 220 g/mol. The summed E-state index contributed by atoms with van der Waals surface area (Å²) in [5, 5.41) is 3.35. The van der Waals surface area contributed by atoms with Crippen molar-refractivity contribution in [2.75, 3.05) is 26.2 Å². The Kier molecular flexibility index (Phi) is 3.80. The molecule has 0 aromatic carbocycles. The number of nitrogens with zero attached hydrogens (tertiary/aromatic N) is 1. The molecule has 3 heteroatoms. The molecule has 1 aliphatic heterocycles. The lowest BCUT2D eigenvalue weighted by atomic mass is 10.1. The standard InChI is InChI=1S/C13H20N2O/c1-3-11-5-6-13(16-11)12(4-2)15-9-7-14-8-10-15/h4-6,12,14H,2-3,7-10H2,1H3/t12-/m1/s1. The molecule has 0 radical (unpaired) electrons. The third-order valence-electron chi connectivity index (χ3n) is 3.09. The van der Waals surface area contributed by atoms with Gasteiger partial charge in [-0.05, 0) is 12.1 Å². The van der Waals surface area contributed by atoms with E-state index in [1.54, 1.807) is 0 Å². The SMILES string of the molecule is C=C[C@H](c1ccc(CC)o1)N1CCNCC1. The van der Waals surface area contributed by atoms with Crippen molar-refractivity contribution >= 4 is 0 Å². The van der Waals surface area contributed by atoms with Gasteiger partial charge in [0.1, 0.15) is 11.5 Å². The van der Waals surface area contributed by atoms with Gasteiger partial charge in [-0.2, -0.15) is 0 Å². The van der Waals surface area contributed by atoms with Gasteiger partial charge in [0.2, 0.25) is 0 Å². The van der Waals surface area contributed by atoms with E-state index in [0.29, 0.717) is 0 Å². The third kappa shape index (κ3) is 2.36. The quantitative estimate of drug-likeness (QED) is 0.786. The van der Waals surface area contributed by atoms with E-state index in [1.165, 1.54) is 0 Å². The molecule has 1 aromatic rings. The summed E-state index contributed by atoms with van der Waals surface area (Å²) in [5.74, 6) is 2.07. The van der Waals surface area contributed by atoms with Crippen molar-refractivity contribution in [1.29, 1.82) is 0 Å². The molecular formula is C13H20N2O. The van der Waals surface area contributed by atoms with E-state index in [4.69, 9.17) is 4.42 Å². The molecule has 2 heterocycles. The van der Waals surface area contributed by atoms with E-state index in [1.807, 2.05) is 6.08 Å². The zero-order valence-electron chi connectivity index (χ0n) is 9.91. The molecule has 1 aromatic heterocycles. The maximum absolute atomic E-state index is 5.81. The Morgan fingerprint density at radius 2 is 2.25 bits per heavy atom. The average Bonchev–Trinajstić information content (AvgIpc) is 2.80. The molecule has 3 nitrogen and oxygen atoms in total. The zero-order chi connectivity index (χ0) is 11.4. The van der Waals surface area contributed by atoms with Gasteiger partial charge in [0, 0.05) is 32.6 Å². The Hall–Kier alpha value is -1.06. The van der Waals surface area contributed by atoms with Crippen LogP contribution in [0, 0.1) is 0 Å². The minimum atomic E-state index is 0.224. The van der Waals surface area contributed by atoms with Gasteiger partial charge < -0.3 is 9.73 Å². The maximum atomic E-state index is 5.81. The number of rotatable bonds is 4. The molecule has 2 rings (SSSR count). The fraction of sp³-hybridized carbons (Fsp3) is 0.538. The molecule has 0 saturated carbocycles. The van der Waals surface area contributed by atoms with Gasteiger partial charge in [-0.1, -0.05) is 13.0 Å². The zero-order valence-corrected chi connectivity index (χ0v) is 9.91. The Labute approximate surface area is 97.1 Å². The molecule has 1 saturated heterocycles. The van der Waals surface area contributed by atoms with Gasteiger partial charge in [-0.15, -0.1) is 6.58 Å². The van der Waals surface area contributed by atoms with E-state index in [-0.39, 0.29) is 6.04 Å². The number of piperazine rings is 1. The largest absolute Gasteiger partial charge is 0.464 e. The minimum absolute atomic E-state index is 0.224. The highest BCUT2D eigenvalue weighted by atomic mass is 16.3. The first kappa shape index (κ1) is 11.4. The van der Waals surface area contributed by atoms with Gasteiger partial charge in [-0.3, -0.25) is 4.90 Å². The highest BCUT2D eigenvalue weighted by molar-refractivity contribution is 5.15. The van der Waals surface area contributed by atoms with Gasteiger partial charge in [0.05, 0.1) is 6.04 Å². The number of nitrogens with one attached hydrogen (secondary N) is 1. The van der Waals surface area contributed by atoms with Crippen molar-refractivity contribution < 1.29 is 4.42 Å². The van der Waals surface area contributed by atoms with Crippen LogP contribution in [0.15, 0.2) is 29.2 Å². The van der Waals surface area contributed by atoms with Crippen LogP contribution in [0.2, 0.25) is 0 Å². The molecule has 0 unspecified atom stereocenters. The smallest absolute Gasteiger partial charge is 0.125 e. The fourth-order valence-electron chi connectivity index (χ4n) is 2.15. The van der Waals surface area contributed by atoms with Crippen molar-refractivity contribution in [2.45, 2.75) is 19.4 Å². The Morgan fingerprint density at radius 1 is 1.50 bits per heavy atom. The third-order valence-corrected chi connectivity index (χ3v) is 3.09. The highest BCUT2D eigenvalue weighted by Crippen LogP contribution is 2.24. The van der Waals surface area contributed by atoms with Crippen LogP contribution < -0.4 is 5.32 Å². The molecular weight excluding hydrogens is 200 g/mol. The first-order valence-corrected chi connectivity index (χ1v) is 6.01. The number of hydrogen-bond donors (Lipinski definition) is 1. The molecule has 0 bridgehead atoms. The van der Waals surface area contributed by atoms with Crippen molar-refractivity contribution in [2.24, 2.45) is 0 Å². The van der Waals surface area contributed by atoms with E-state index >= 15 is 0 Å². The Balaban J connectivity index is 2.11. The molecule has 1 fully saturated rings. The van der Waals surface area contributed by atoms with Gasteiger partial charge >= 0.3 is 0 Å². The Morgan fingerprint density at radius 3 is 2.81 bits per heavy atom. The summed E-state index contributed by atoms with van der Waals surface area (Å²) in [6.07, 6.45) is 2.93. The van der Waals surface area contributed by atoms with Crippen LogP contribution in [0.3, 0.4) is 0 Å². The molecule has 0 aliphatic carbocycles. The molecule has 1 N–H and O–H groups in total. The van der Waals surface area contributed by atoms with Crippen LogP contribution in [0.4, 0.5) is 0 Å². The first-order chi connectivity index (χ1) is 7.85. The molecule has 0 amide bonds. The van der Waals surface area contributed by atoms with E-state index in [9.17, 15) is 0 Å². The summed E-state index contributed by atoms with van der Waals surface area (Å²) >= 11 is 0. The average molecular weight is 220 g/mol. The van der Waals surface area contributed by atoms with Crippen LogP contribution in [-0.2, 0) is 6.42 Å². The molecule has 88 valence electrons. The summed E-state index contributed by atoms with van der Waals surface area (Å²) in [4.78, 5) is 2.40. The van der Waals surface area contributed by atoms with Crippen LogP contribution in [-0.4, -0.2) is 31.1 Å². The summed E-state index contributed by atoms with van der Waals surface area (Å²) in [6.45, 7) is 10.2. The number of hydrogen-bond acceptors (Lipinski definition) is 3. The fourth-order valence-corrected chi connectivity index (χ4v) is 2.15. The van der Waals surface area contributed by atoms with E-state index < -0.39 is 0 Å². The normalized spacial score (nSPS) is 19.6. The number of furan rings is 1. The molecule has 1 aliphatic rings. The van der Waals surface area contributed by atoms with Crippen LogP contribution in [0.1, 0.15) is 24.5 Å². The summed E-state index contributed by atoms with van der Waals surface area (Å²) < 4.78 is 5.81. The topological polar surface area (TPSA) is 28.4 Å². The van der Waals surface area contributed by atoms with Crippen LogP contribution in [0.5, 0.6) is 0 Å². The molecule has 1 atom stereocenters. The maximum Gasteiger partial charge on any atom is 0.125 e. The highest BCUT2D eigenvalue weighted by Gasteiger charge is 2.21. The Bertz CT molecular complexity index is 339. The van der Waals surface area contributed by atoms with Crippen molar-refractivity contribution in [3.63, 3.8) is 0 Å². The summed E-state index contributed by atoms with van der Waals surface area (Å²) in [6, 6.07) is 4.36. The second-order valence-corrected chi connectivity index (χ2v) is 4.12.